The van der Waals surface area contributed by atoms with E-state index in [0.29, 0.717) is 0 Å². The van der Waals surface area contributed by atoms with Crippen LogP contribution in [0.25, 0.3) is 0 Å². The van der Waals surface area contributed by atoms with E-state index in [1.165, 1.54) is 0 Å². The van der Waals surface area contributed by atoms with E-state index in [1.807, 2.05) is 42.1 Å². The van der Waals surface area contributed by atoms with Crippen molar-refractivity contribution in [2.45, 2.75) is 17.0 Å². The second-order valence-corrected chi connectivity index (χ2v) is 4.54. The number of imidazole rings is 1. The maximum Gasteiger partial charge on any atom is 0.172 e. The number of carbonyl (C=O) groups excluding carboxylic acids is 1. The summed E-state index contributed by atoms with van der Waals surface area (Å²) in [5.41, 5.74) is 0.740. The van der Waals surface area contributed by atoms with Crippen LogP contribution in [0.5, 0.6) is 0 Å². The first-order chi connectivity index (χ1) is 7.66. The summed E-state index contributed by atoms with van der Waals surface area (Å²) >= 11 is 1.58. The van der Waals surface area contributed by atoms with Crippen molar-refractivity contribution >= 4 is 17.5 Å². The lowest BCUT2D eigenvalue weighted by atomic mass is 10.2. The van der Waals surface area contributed by atoms with Crippen molar-refractivity contribution in [3.63, 3.8) is 0 Å². The van der Waals surface area contributed by atoms with Crippen LogP contribution in [0, 0.1) is 0 Å². The number of carbonyl (C=O) groups is 1. The van der Waals surface area contributed by atoms with Gasteiger partial charge < -0.3 is 4.57 Å². The summed E-state index contributed by atoms with van der Waals surface area (Å²) in [5, 5.41) is 0.940. The Morgan fingerprint density at radius 1 is 1.31 bits per heavy atom. The number of aryl methyl sites for hydroxylation is 1. The normalized spacial score (nSPS) is 10.4. The van der Waals surface area contributed by atoms with E-state index in [1.54, 1.807) is 24.9 Å². The SMILES string of the molecule is CC(=O)c1ccc(Sc2nccn2C)cc1. The van der Waals surface area contributed by atoms with Crippen molar-refractivity contribution in [3.05, 3.63) is 42.2 Å². The van der Waals surface area contributed by atoms with Gasteiger partial charge in [-0.15, -0.1) is 0 Å². The molecule has 1 heterocycles. The van der Waals surface area contributed by atoms with Gasteiger partial charge in [-0.1, -0.05) is 23.9 Å². The number of hydrogen-bond acceptors (Lipinski definition) is 3. The van der Waals surface area contributed by atoms with Gasteiger partial charge in [0.1, 0.15) is 0 Å². The topological polar surface area (TPSA) is 34.9 Å². The molecule has 4 heteroatoms. The van der Waals surface area contributed by atoms with Crippen molar-refractivity contribution in [2.24, 2.45) is 7.05 Å². The highest BCUT2D eigenvalue weighted by Gasteiger charge is 2.03. The number of ketones is 1. The molecule has 0 amide bonds. The van der Waals surface area contributed by atoms with E-state index in [0.717, 1.165) is 15.6 Å². The molecule has 0 saturated heterocycles. The zero-order chi connectivity index (χ0) is 11.5. The molecule has 16 heavy (non-hydrogen) atoms. The zero-order valence-electron chi connectivity index (χ0n) is 9.18. The molecule has 0 aliphatic rings. The smallest absolute Gasteiger partial charge is 0.172 e. The highest BCUT2D eigenvalue weighted by Crippen LogP contribution is 2.25. The van der Waals surface area contributed by atoms with Gasteiger partial charge in [0.2, 0.25) is 0 Å². The molecule has 0 aliphatic carbocycles. The van der Waals surface area contributed by atoms with E-state index >= 15 is 0 Å². The monoisotopic (exact) mass is 232 g/mol. The molecule has 0 unspecified atom stereocenters. The molecule has 82 valence electrons. The lowest BCUT2D eigenvalue weighted by molar-refractivity contribution is 0.101. The van der Waals surface area contributed by atoms with Gasteiger partial charge in [-0.05, 0) is 19.1 Å². The van der Waals surface area contributed by atoms with Gasteiger partial charge in [-0.25, -0.2) is 4.98 Å². The van der Waals surface area contributed by atoms with Gasteiger partial charge in [0, 0.05) is 29.9 Å². The fourth-order valence-corrected chi connectivity index (χ4v) is 2.11. The van der Waals surface area contributed by atoms with Gasteiger partial charge in [-0.2, -0.15) is 0 Å². The maximum absolute atomic E-state index is 11.1. The molecule has 0 N–H and O–H groups in total. The number of hydrogen-bond donors (Lipinski definition) is 0. The molecular weight excluding hydrogens is 220 g/mol. The van der Waals surface area contributed by atoms with Gasteiger partial charge in [0.05, 0.1) is 0 Å². The number of rotatable bonds is 3. The minimum atomic E-state index is 0.0912. The molecule has 2 rings (SSSR count). The van der Waals surface area contributed by atoms with Crippen LogP contribution in [-0.4, -0.2) is 15.3 Å². The number of benzene rings is 1. The summed E-state index contributed by atoms with van der Waals surface area (Å²) in [6, 6.07) is 7.56. The van der Waals surface area contributed by atoms with Crippen LogP contribution >= 0.6 is 11.8 Å². The van der Waals surface area contributed by atoms with Crippen molar-refractivity contribution in [1.82, 2.24) is 9.55 Å². The average molecular weight is 232 g/mol. The molecule has 0 spiro atoms. The first kappa shape index (κ1) is 11.0. The third-order valence-electron chi connectivity index (χ3n) is 2.25. The highest BCUT2D eigenvalue weighted by atomic mass is 32.2. The fraction of sp³-hybridized carbons (Fsp3) is 0.167. The van der Waals surface area contributed by atoms with Crippen LogP contribution in [0.4, 0.5) is 0 Å². The van der Waals surface area contributed by atoms with Crippen LogP contribution in [0.15, 0.2) is 46.7 Å². The Labute approximate surface area is 98.5 Å². The Kier molecular flexibility index (Phi) is 3.10. The van der Waals surface area contributed by atoms with Crippen molar-refractivity contribution < 1.29 is 4.79 Å². The molecule has 1 aromatic heterocycles. The summed E-state index contributed by atoms with van der Waals surface area (Å²) < 4.78 is 1.96. The quantitative estimate of drug-likeness (QED) is 0.763. The number of nitrogens with zero attached hydrogens (tertiary/aromatic N) is 2. The Bertz CT molecular complexity index is 502. The first-order valence-corrected chi connectivity index (χ1v) is 5.74. The second-order valence-electron chi connectivity index (χ2n) is 3.50. The average Bonchev–Trinajstić information content (AvgIpc) is 2.65. The minimum absolute atomic E-state index is 0.0912. The van der Waals surface area contributed by atoms with E-state index < -0.39 is 0 Å². The van der Waals surface area contributed by atoms with Gasteiger partial charge in [-0.3, -0.25) is 4.79 Å². The maximum atomic E-state index is 11.1. The van der Waals surface area contributed by atoms with Crippen LogP contribution in [-0.2, 0) is 7.05 Å². The summed E-state index contributed by atoms with van der Waals surface area (Å²) in [5.74, 6) is 0.0912. The predicted molar refractivity (Wildman–Crippen MR) is 63.8 cm³/mol. The lowest BCUT2D eigenvalue weighted by Gasteiger charge is -2.02. The number of aromatic nitrogens is 2. The summed E-state index contributed by atoms with van der Waals surface area (Å²) in [6.07, 6.45) is 3.68. The summed E-state index contributed by atoms with van der Waals surface area (Å²) in [6.45, 7) is 1.57. The molecule has 2 aromatic rings. The molecule has 0 radical (unpaired) electrons. The molecular formula is C12H12N2OS. The molecule has 3 nitrogen and oxygen atoms in total. The summed E-state index contributed by atoms with van der Waals surface area (Å²) in [4.78, 5) is 16.4. The van der Waals surface area contributed by atoms with Crippen LogP contribution in [0.1, 0.15) is 17.3 Å². The number of Topliss-reactive ketones (excluding diaryl/α,β-unsaturated/α-hetero) is 1. The van der Waals surface area contributed by atoms with E-state index in [4.69, 9.17) is 0 Å². The Morgan fingerprint density at radius 2 is 2.00 bits per heavy atom. The van der Waals surface area contributed by atoms with Crippen molar-refractivity contribution in [3.8, 4) is 0 Å². The van der Waals surface area contributed by atoms with E-state index in [-0.39, 0.29) is 5.78 Å². The molecule has 0 aliphatic heterocycles. The van der Waals surface area contributed by atoms with E-state index in [2.05, 4.69) is 4.98 Å². The minimum Gasteiger partial charge on any atom is -0.329 e. The third-order valence-corrected chi connectivity index (χ3v) is 3.33. The molecule has 0 bridgehead atoms. The molecule has 0 atom stereocenters. The Hall–Kier alpha value is -1.55. The van der Waals surface area contributed by atoms with Crippen molar-refractivity contribution in [2.75, 3.05) is 0 Å². The van der Waals surface area contributed by atoms with Crippen LogP contribution in [0.2, 0.25) is 0 Å². The Morgan fingerprint density at radius 3 is 2.50 bits per heavy atom. The lowest BCUT2D eigenvalue weighted by Crippen LogP contribution is -1.91. The molecule has 1 aromatic carbocycles. The summed E-state index contributed by atoms with van der Waals surface area (Å²) in [7, 11) is 1.96. The van der Waals surface area contributed by atoms with Gasteiger partial charge >= 0.3 is 0 Å². The first-order valence-electron chi connectivity index (χ1n) is 4.93. The van der Waals surface area contributed by atoms with Crippen LogP contribution in [0.3, 0.4) is 0 Å². The zero-order valence-corrected chi connectivity index (χ0v) is 9.99. The second kappa shape index (κ2) is 4.53. The standard InChI is InChI=1S/C12H12N2OS/c1-9(15)10-3-5-11(6-4-10)16-12-13-7-8-14(12)2/h3-8H,1-2H3. The third kappa shape index (κ3) is 2.33. The highest BCUT2D eigenvalue weighted by molar-refractivity contribution is 7.99. The fourth-order valence-electron chi connectivity index (χ4n) is 1.31. The molecule has 0 saturated carbocycles. The Balaban J connectivity index is 2.17. The van der Waals surface area contributed by atoms with Gasteiger partial charge in [0.15, 0.2) is 10.9 Å². The van der Waals surface area contributed by atoms with Crippen LogP contribution < -0.4 is 0 Å². The van der Waals surface area contributed by atoms with E-state index in [9.17, 15) is 4.79 Å². The predicted octanol–water partition coefficient (Wildman–Crippen LogP) is 2.77. The largest absolute Gasteiger partial charge is 0.329 e. The molecule has 0 fully saturated rings. The van der Waals surface area contributed by atoms with Crippen molar-refractivity contribution in [1.29, 1.82) is 0 Å². The van der Waals surface area contributed by atoms with Gasteiger partial charge in [0.25, 0.3) is 0 Å².